The zero-order valence-corrected chi connectivity index (χ0v) is 15.1. The van der Waals surface area contributed by atoms with Gasteiger partial charge in [-0.3, -0.25) is 9.59 Å². The van der Waals surface area contributed by atoms with Crippen LogP contribution in [0.15, 0.2) is 42.5 Å². The molecule has 0 bridgehead atoms. The monoisotopic (exact) mass is 351 g/mol. The molecule has 5 nitrogen and oxygen atoms in total. The van der Waals surface area contributed by atoms with Gasteiger partial charge in [0.15, 0.2) is 0 Å². The smallest absolute Gasteiger partial charge is 0.338 e. The van der Waals surface area contributed by atoms with Gasteiger partial charge in [-0.05, 0) is 49.1 Å². The quantitative estimate of drug-likeness (QED) is 0.603. The molecule has 0 fully saturated rings. The number of ether oxygens (including phenoxy) is 1. The number of imide groups is 1. The van der Waals surface area contributed by atoms with Crippen LogP contribution in [-0.2, 0) is 4.74 Å². The lowest BCUT2D eigenvalue weighted by Crippen LogP contribution is -2.29. The highest BCUT2D eigenvalue weighted by Crippen LogP contribution is 2.31. The Balaban J connectivity index is 1.86. The van der Waals surface area contributed by atoms with Gasteiger partial charge in [-0.15, -0.1) is 0 Å². The lowest BCUT2D eigenvalue weighted by molar-refractivity contribution is 0.0488. The topological polar surface area (TPSA) is 63.7 Å². The van der Waals surface area contributed by atoms with E-state index in [1.165, 1.54) is 18.2 Å². The third-order valence-electron chi connectivity index (χ3n) is 4.41. The molecule has 0 unspecified atom stereocenters. The van der Waals surface area contributed by atoms with Gasteiger partial charge in [0.1, 0.15) is 0 Å². The van der Waals surface area contributed by atoms with Crippen LogP contribution in [0.1, 0.15) is 56.9 Å². The molecule has 2 amide bonds. The molecule has 2 aromatic rings. The predicted octanol–water partition coefficient (Wildman–Crippen LogP) is 4.00. The number of carbonyl (C=O) groups excluding carboxylic acids is 3. The Kier molecular flexibility index (Phi) is 4.89. The van der Waals surface area contributed by atoms with Crippen molar-refractivity contribution >= 4 is 23.5 Å². The van der Waals surface area contributed by atoms with Crippen LogP contribution in [-0.4, -0.2) is 24.4 Å². The summed E-state index contributed by atoms with van der Waals surface area (Å²) in [5.41, 5.74) is 2.20. The van der Waals surface area contributed by atoms with Gasteiger partial charge in [-0.1, -0.05) is 32.0 Å². The molecule has 0 atom stereocenters. The van der Waals surface area contributed by atoms with E-state index in [1.807, 2.05) is 32.9 Å². The van der Waals surface area contributed by atoms with Gasteiger partial charge in [0.25, 0.3) is 11.8 Å². The second-order valence-corrected chi connectivity index (χ2v) is 6.81. The summed E-state index contributed by atoms with van der Waals surface area (Å²) >= 11 is 0. The van der Waals surface area contributed by atoms with Crippen molar-refractivity contribution in [1.82, 2.24) is 0 Å². The molecule has 0 spiro atoms. The van der Waals surface area contributed by atoms with Crippen molar-refractivity contribution in [2.24, 2.45) is 5.92 Å². The fourth-order valence-electron chi connectivity index (χ4n) is 2.87. The Morgan fingerprint density at radius 2 is 1.73 bits per heavy atom. The first-order valence-electron chi connectivity index (χ1n) is 8.65. The fourth-order valence-corrected chi connectivity index (χ4v) is 2.87. The van der Waals surface area contributed by atoms with Crippen molar-refractivity contribution in [2.75, 3.05) is 11.5 Å². The van der Waals surface area contributed by atoms with E-state index in [1.54, 1.807) is 12.1 Å². The Bertz CT molecular complexity index is 885. The molecule has 0 saturated heterocycles. The van der Waals surface area contributed by atoms with Gasteiger partial charge < -0.3 is 4.74 Å². The van der Waals surface area contributed by atoms with Crippen molar-refractivity contribution in [3.63, 3.8) is 0 Å². The summed E-state index contributed by atoms with van der Waals surface area (Å²) in [4.78, 5) is 38.8. The maximum Gasteiger partial charge on any atom is 0.338 e. The number of rotatable bonds is 5. The van der Waals surface area contributed by atoms with Crippen LogP contribution in [0.5, 0.6) is 0 Å². The van der Waals surface area contributed by atoms with Crippen molar-refractivity contribution < 1.29 is 19.1 Å². The van der Waals surface area contributed by atoms with Crippen LogP contribution in [0.3, 0.4) is 0 Å². The zero-order valence-electron chi connectivity index (χ0n) is 15.1. The number of fused-ring (bicyclic) bond motifs is 1. The van der Waals surface area contributed by atoms with E-state index in [4.69, 9.17) is 4.74 Å². The van der Waals surface area contributed by atoms with Crippen molar-refractivity contribution in [1.29, 1.82) is 0 Å². The SMILES string of the molecule is Cc1ccccc1N1C(=O)c2ccc(C(=O)OCCC(C)C)cc2C1=O. The van der Waals surface area contributed by atoms with E-state index in [2.05, 4.69) is 0 Å². The molecule has 0 radical (unpaired) electrons. The minimum atomic E-state index is -0.483. The number of esters is 1. The normalized spacial score (nSPS) is 13.3. The fraction of sp³-hybridized carbons (Fsp3) is 0.286. The van der Waals surface area contributed by atoms with Crippen LogP contribution in [0, 0.1) is 12.8 Å². The minimum absolute atomic E-state index is 0.233. The summed E-state index contributed by atoms with van der Waals surface area (Å²) in [6.45, 7) is 6.27. The number of hydrogen-bond donors (Lipinski definition) is 0. The van der Waals surface area contributed by atoms with E-state index in [0.29, 0.717) is 23.8 Å². The van der Waals surface area contributed by atoms with E-state index in [9.17, 15) is 14.4 Å². The Hall–Kier alpha value is -2.95. The molecule has 3 rings (SSSR count). The highest BCUT2D eigenvalue weighted by molar-refractivity contribution is 6.34. The molecule has 5 heteroatoms. The van der Waals surface area contributed by atoms with E-state index < -0.39 is 11.9 Å². The Morgan fingerprint density at radius 1 is 1.04 bits per heavy atom. The molecule has 2 aromatic carbocycles. The third kappa shape index (κ3) is 3.25. The molecule has 0 N–H and O–H groups in total. The molecule has 0 aliphatic carbocycles. The summed E-state index contributed by atoms with van der Waals surface area (Å²) in [6.07, 6.45) is 0.773. The average molecular weight is 351 g/mol. The molecule has 0 saturated carbocycles. The van der Waals surface area contributed by atoms with Crippen LogP contribution in [0.4, 0.5) is 5.69 Å². The molecular weight excluding hydrogens is 330 g/mol. The predicted molar refractivity (Wildman–Crippen MR) is 98.5 cm³/mol. The molecule has 1 aliphatic heterocycles. The number of aryl methyl sites for hydroxylation is 1. The second kappa shape index (κ2) is 7.12. The van der Waals surface area contributed by atoms with Gasteiger partial charge in [-0.25, -0.2) is 9.69 Å². The summed E-state index contributed by atoms with van der Waals surface area (Å²) < 4.78 is 5.24. The number of hydrogen-bond acceptors (Lipinski definition) is 4. The number of benzene rings is 2. The van der Waals surface area contributed by atoms with E-state index in [-0.39, 0.29) is 17.0 Å². The lowest BCUT2D eigenvalue weighted by atomic mass is 10.1. The molecule has 134 valence electrons. The summed E-state index contributed by atoms with van der Waals surface area (Å²) in [5, 5.41) is 0. The second-order valence-electron chi connectivity index (χ2n) is 6.81. The zero-order chi connectivity index (χ0) is 18.8. The number of amides is 2. The van der Waals surface area contributed by atoms with Gasteiger partial charge in [0.2, 0.25) is 0 Å². The largest absolute Gasteiger partial charge is 0.462 e. The summed E-state index contributed by atoms with van der Waals surface area (Å²) in [7, 11) is 0. The minimum Gasteiger partial charge on any atom is -0.462 e. The van der Waals surface area contributed by atoms with Crippen molar-refractivity contribution in [3.8, 4) is 0 Å². The Morgan fingerprint density at radius 3 is 2.42 bits per heavy atom. The molecule has 26 heavy (non-hydrogen) atoms. The first-order valence-corrected chi connectivity index (χ1v) is 8.65. The lowest BCUT2D eigenvalue weighted by Gasteiger charge is -2.16. The van der Waals surface area contributed by atoms with Crippen LogP contribution in [0.25, 0.3) is 0 Å². The van der Waals surface area contributed by atoms with Crippen LogP contribution in [0.2, 0.25) is 0 Å². The van der Waals surface area contributed by atoms with Gasteiger partial charge >= 0.3 is 5.97 Å². The summed E-state index contributed by atoms with van der Waals surface area (Å²) in [6, 6.07) is 11.7. The first kappa shape index (κ1) is 17.9. The number of anilines is 1. The average Bonchev–Trinajstić information content (AvgIpc) is 2.86. The number of para-hydroxylation sites is 1. The van der Waals surface area contributed by atoms with Crippen molar-refractivity contribution in [2.45, 2.75) is 27.2 Å². The van der Waals surface area contributed by atoms with Gasteiger partial charge in [0, 0.05) is 0 Å². The molecule has 0 aromatic heterocycles. The first-order chi connectivity index (χ1) is 12.4. The molecular formula is C21H21NO4. The van der Waals surface area contributed by atoms with Gasteiger partial charge in [0.05, 0.1) is 29.0 Å². The molecule has 1 heterocycles. The van der Waals surface area contributed by atoms with E-state index in [0.717, 1.165) is 16.9 Å². The standard InChI is InChI=1S/C21H21NO4/c1-13(2)10-11-26-21(25)15-8-9-16-17(12-15)20(24)22(19(16)23)18-7-5-4-6-14(18)3/h4-9,12-13H,10-11H2,1-3H3. The highest BCUT2D eigenvalue weighted by Gasteiger charge is 2.37. The van der Waals surface area contributed by atoms with Gasteiger partial charge in [-0.2, -0.15) is 0 Å². The Labute approximate surface area is 152 Å². The number of carbonyl (C=O) groups is 3. The number of nitrogens with zero attached hydrogens (tertiary/aromatic N) is 1. The van der Waals surface area contributed by atoms with E-state index >= 15 is 0 Å². The summed E-state index contributed by atoms with van der Waals surface area (Å²) in [5.74, 6) is -0.845. The van der Waals surface area contributed by atoms with Crippen LogP contribution >= 0.6 is 0 Å². The van der Waals surface area contributed by atoms with Crippen LogP contribution < -0.4 is 4.90 Å². The maximum atomic E-state index is 12.8. The molecule has 1 aliphatic rings. The maximum absolute atomic E-state index is 12.8. The highest BCUT2D eigenvalue weighted by atomic mass is 16.5. The van der Waals surface area contributed by atoms with Crippen molar-refractivity contribution in [3.05, 3.63) is 64.7 Å². The third-order valence-corrected chi connectivity index (χ3v) is 4.41.